The van der Waals surface area contributed by atoms with Crippen LogP contribution in [-0.2, 0) is 7.05 Å². The maximum absolute atomic E-state index is 6.03. The van der Waals surface area contributed by atoms with Crippen molar-refractivity contribution in [2.45, 2.75) is 6.92 Å². The number of H-pyrrole nitrogens is 3. The van der Waals surface area contributed by atoms with Gasteiger partial charge in [-0.05, 0) is 132 Å². The highest BCUT2D eigenvalue weighted by Crippen LogP contribution is 2.36. The van der Waals surface area contributed by atoms with Crippen molar-refractivity contribution >= 4 is 211 Å². The normalized spacial score (nSPS) is 11.4. The number of hydrogen-bond donors (Lipinski definition) is 9. The third-order valence-corrected chi connectivity index (χ3v) is 18.3. The molecule has 0 unspecified atom stereocenters. The average molecular weight is 1300 g/mol. The first kappa shape index (κ1) is 55.7. The number of hydrogen-bond acceptors (Lipinski definition) is 24. The lowest BCUT2D eigenvalue weighted by Gasteiger charge is -2.09. The second kappa shape index (κ2) is 23.8. The number of oxazole rings is 1. The molecule has 0 aliphatic carbocycles. The van der Waals surface area contributed by atoms with Crippen molar-refractivity contribution in [1.82, 2.24) is 85.2 Å². The van der Waals surface area contributed by atoms with Crippen molar-refractivity contribution in [2.75, 3.05) is 31.9 Å². The molecule has 0 fully saturated rings. The number of anilines is 12. The smallest absolute Gasteiger partial charge is 0.302 e. The van der Waals surface area contributed by atoms with E-state index in [1.165, 1.54) is 5.56 Å². The predicted octanol–water partition coefficient (Wildman–Crippen LogP) is 16.7. The van der Waals surface area contributed by atoms with E-state index in [9.17, 15) is 0 Å². The van der Waals surface area contributed by atoms with Crippen LogP contribution in [0, 0.1) is 6.92 Å². The molecule has 0 atom stereocenters. The van der Waals surface area contributed by atoms with Gasteiger partial charge in [0.25, 0.3) is 0 Å². The molecular formula is C63H44ClN23OS4. The molecule has 0 saturated heterocycles. The van der Waals surface area contributed by atoms with Gasteiger partial charge in [-0.15, -0.1) is 39.1 Å². The van der Waals surface area contributed by atoms with E-state index in [-0.39, 0.29) is 0 Å². The topological polar surface area (TPSA) is 305 Å². The number of benzene rings is 6. The number of thiophene rings is 3. The Hall–Kier alpha value is -11.6. The average Bonchev–Trinajstić information content (AvgIpc) is 1.94. The molecule has 0 amide bonds. The highest BCUT2D eigenvalue weighted by atomic mass is 35.5. The Kier molecular flexibility index (Phi) is 14.4. The first-order valence-electron chi connectivity index (χ1n) is 28.2. The van der Waals surface area contributed by atoms with E-state index >= 15 is 0 Å². The van der Waals surface area contributed by atoms with Crippen LogP contribution >= 0.6 is 56.9 Å². The summed E-state index contributed by atoms with van der Waals surface area (Å²) in [7, 11) is 1.84. The van der Waals surface area contributed by atoms with Crippen LogP contribution in [0.25, 0.3) is 96.1 Å². The number of halogens is 1. The number of aryl methyl sites for hydroxylation is 2. The van der Waals surface area contributed by atoms with Gasteiger partial charge in [-0.25, -0.2) is 24.6 Å². The van der Waals surface area contributed by atoms with Crippen LogP contribution in [-0.4, -0.2) is 85.2 Å². The van der Waals surface area contributed by atoms with Gasteiger partial charge in [-0.3, -0.25) is 31.2 Å². The molecule has 12 aromatic heterocycles. The molecule has 0 radical (unpaired) electrons. The fraction of sp³-hybridized carbons (Fsp3) is 0.0317. The zero-order valence-electron chi connectivity index (χ0n) is 47.9. The molecule has 6 aromatic carbocycles. The Morgan fingerprint density at radius 1 is 0.467 bits per heavy atom. The molecular weight excluding hydrogens is 1260 g/mol. The van der Waals surface area contributed by atoms with E-state index in [1.54, 1.807) is 80.6 Å². The first-order chi connectivity index (χ1) is 45.1. The van der Waals surface area contributed by atoms with Gasteiger partial charge in [0.2, 0.25) is 23.8 Å². The van der Waals surface area contributed by atoms with Crippen molar-refractivity contribution in [3.63, 3.8) is 0 Å². The number of nitrogens with zero attached hydrogens (tertiary/aromatic N) is 14. The lowest BCUT2D eigenvalue weighted by Crippen LogP contribution is -2.05. The van der Waals surface area contributed by atoms with Gasteiger partial charge in [0.05, 0.1) is 76.0 Å². The van der Waals surface area contributed by atoms with Crippen LogP contribution in [0.2, 0.25) is 5.02 Å². The van der Waals surface area contributed by atoms with Gasteiger partial charge < -0.3 is 20.4 Å². The van der Waals surface area contributed by atoms with Gasteiger partial charge in [0.1, 0.15) is 5.52 Å². The van der Waals surface area contributed by atoms with Crippen molar-refractivity contribution in [3.8, 4) is 11.4 Å². The Bertz CT molecular complexity index is 5490. The van der Waals surface area contributed by atoms with Gasteiger partial charge in [0, 0.05) is 50.9 Å². The molecule has 0 spiro atoms. The van der Waals surface area contributed by atoms with E-state index in [2.05, 4.69) is 122 Å². The summed E-state index contributed by atoms with van der Waals surface area (Å²) < 4.78 is 11.5. The summed E-state index contributed by atoms with van der Waals surface area (Å²) in [4.78, 5) is 41.7. The minimum absolute atomic E-state index is 0.299. The SMILES string of the molecule is Cc1ccc2nc(Nc3nc(Nc4ccc5[nH]ncc5c4)c4sccc4n3)sc2c1.Clc1ccc2oc(Nc3nc(Nc4ccc5[nH]ncc5c4)c4sccc4n3)nc2c1.Cn1nc(-c2ccccc2)nc1Nc1nc(Nc2ccc3[nH]ncc3c2)c2sccc2n1. The van der Waals surface area contributed by atoms with Crippen LogP contribution in [0.4, 0.5) is 69.5 Å². The van der Waals surface area contributed by atoms with E-state index in [1.807, 2.05) is 139 Å². The molecule has 92 heavy (non-hydrogen) atoms. The van der Waals surface area contributed by atoms with Gasteiger partial charge in [-0.1, -0.05) is 59.3 Å². The summed E-state index contributed by atoms with van der Waals surface area (Å²) >= 11 is 12.4. The molecule has 12 heterocycles. The molecule has 18 aromatic rings. The molecule has 448 valence electrons. The van der Waals surface area contributed by atoms with E-state index in [0.29, 0.717) is 57.6 Å². The molecule has 18 rings (SSSR count). The van der Waals surface area contributed by atoms with E-state index in [0.717, 1.165) is 113 Å². The molecule has 0 aliphatic rings. The number of thiazole rings is 1. The minimum Gasteiger partial charge on any atom is -0.423 e. The zero-order chi connectivity index (χ0) is 61.7. The minimum atomic E-state index is 0.299. The number of nitrogens with one attached hydrogen (secondary N) is 9. The van der Waals surface area contributed by atoms with Crippen LogP contribution in [0.15, 0.2) is 179 Å². The summed E-state index contributed by atoms with van der Waals surface area (Å²) in [5.41, 5.74) is 12.7. The highest BCUT2D eigenvalue weighted by molar-refractivity contribution is 7.22. The fourth-order valence-electron chi connectivity index (χ4n) is 10.0. The Morgan fingerprint density at radius 3 is 1.55 bits per heavy atom. The molecule has 24 nitrogen and oxygen atoms in total. The largest absolute Gasteiger partial charge is 0.423 e. The summed E-state index contributed by atoms with van der Waals surface area (Å²) in [5.74, 6) is 4.72. The zero-order valence-corrected chi connectivity index (χ0v) is 51.9. The number of rotatable bonds is 13. The molecule has 29 heteroatoms. The summed E-state index contributed by atoms with van der Waals surface area (Å²) in [5, 5.41) is 55.9. The third kappa shape index (κ3) is 11.6. The van der Waals surface area contributed by atoms with Crippen molar-refractivity contribution in [2.24, 2.45) is 7.05 Å². The number of aromatic amines is 3. The highest BCUT2D eigenvalue weighted by Gasteiger charge is 2.18. The van der Waals surface area contributed by atoms with Crippen LogP contribution in [0.5, 0.6) is 0 Å². The fourth-order valence-corrected chi connectivity index (χ4v) is 13.5. The van der Waals surface area contributed by atoms with Crippen LogP contribution in [0.1, 0.15) is 5.56 Å². The number of aromatic nitrogens is 17. The van der Waals surface area contributed by atoms with E-state index in [4.69, 9.17) is 26.0 Å². The van der Waals surface area contributed by atoms with Crippen LogP contribution in [0.3, 0.4) is 0 Å². The van der Waals surface area contributed by atoms with E-state index < -0.39 is 0 Å². The van der Waals surface area contributed by atoms with Gasteiger partial charge in [0.15, 0.2) is 34.0 Å². The Morgan fingerprint density at radius 2 is 1.00 bits per heavy atom. The molecule has 0 aliphatic heterocycles. The second-order valence-electron chi connectivity index (χ2n) is 20.7. The summed E-state index contributed by atoms with van der Waals surface area (Å²) in [6.45, 7) is 2.08. The maximum atomic E-state index is 6.03. The first-order valence-corrected chi connectivity index (χ1v) is 32.1. The van der Waals surface area contributed by atoms with Gasteiger partial charge in [-0.2, -0.15) is 40.2 Å². The summed E-state index contributed by atoms with van der Waals surface area (Å²) in [6.07, 6.45) is 5.39. The Labute approximate surface area is 539 Å². The molecule has 0 saturated carbocycles. The van der Waals surface area contributed by atoms with Crippen LogP contribution < -0.4 is 31.9 Å². The number of fused-ring (bicyclic) bond motifs is 8. The quantitative estimate of drug-likeness (QED) is 0.0518. The van der Waals surface area contributed by atoms with Crippen molar-refractivity contribution < 1.29 is 4.42 Å². The molecule has 9 N–H and O–H groups in total. The summed E-state index contributed by atoms with van der Waals surface area (Å²) in [6, 6.07) is 45.6. The lowest BCUT2D eigenvalue weighted by atomic mass is 10.2. The third-order valence-electron chi connectivity index (χ3n) is 14.4. The Balaban J connectivity index is 0.000000110. The lowest BCUT2D eigenvalue weighted by molar-refractivity contribution is 0.622. The second-order valence-corrected chi connectivity index (χ2v) is 24.9. The maximum Gasteiger partial charge on any atom is 0.302 e. The molecule has 0 bridgehead atoms. The standard InChI is InChI=1S/C22H17N9S.C21H15N7S2.C20H12ClN7OS/c1-31-22(27-19(30-31)13-5-3-2-4-6-13)28-21-25-17-9-10-32-18(17)20(26-21)24-15-7-8-16-14(11-15)12-23-29-16;1-11-2-4-15-17(8-11)30-21(25-15)27-20-24-16-6-7-29-18(16)19(26-20)23-13-3-5-14-12(9-13)10-22-28-14;21-11-1-4-16-15(8-11)25-20(29-16)27-19-24-14-5-6-30-17(14)18(26-19)23-12-2-3-13-10(7-12)9-22-28-13/h2-12H,1H3,(H,23,29)(H2,24,25,26,27,28,30);2-10H,1H3,(H,22,28)(H2,23,24,25,26,27);1-9H,(H,22,28)(H2,23,24,25,26,27). The van der Waals surface area contributed by atoms with Gasteiger partial charge >= 0.3 is 6.01 Å². The predicted molar refractivity (Wildman–Crippen MR) is 370 cm³/mol. The monoisotopic (exact) mass is 1300 g/mol. The van der Waals surface area contributed by atoms with Crippen molar-refractivity contribution in [1.29, 1.82) is 0 Å². The van der Waals surface area contributed by atoms with Crippen molar-refractivity contribution in [3.05, 3.63) is 185 Å².